The third-order valence-corrected chi connectivity index (χ3v) is 4.61. The summed E-state index contributed by atoms with van der Waals surface area (Å²) < 4.78 is 107. The van der Waals surface area contributed by atoms with Crippen molar-refractivity contribution in [1.82, 2.24) is 0 Å². The summed E-state index contributed by atoms with van der Waals surface area (Å²) in [7, 11) is 0. The van der Waals surface area contributed by atoms with Crippen molar-refractivity contribution in [2.24, 2.45) is 0 Å². The van der Waals surface area contributed by atoms with Crippen LogP contribution >= 0.6 is 34.8 Å². The van der Waals surface area contributed by atoms with E-state index in [4.69, 9.17) is 34.8 Å². The van der Waals surface area contributed by atoms with Gasteiger partial charge in [-0.3, -0.25) is 9.59 Å². The molecule has 1 atom stereocenters. The summed E-state index contributed by atoms with van der Waals surface area (Å²) in [6.07, 6.45) is -9.46. The fraction of sp³-hybridized carbons (Fsp3) is 0.412. The number of halogens is 11. The second-order valence-electron chi connectivity index (χ2n) is 6.00. The van der Waals surface area contributed by atoms with Crippen molar-refractivity contribution in [3.63, 3.8) is 0 Å². The Morgan fingerprint density at radius 2 is 1.53 bits per heavy atom. The van der Waals surface area contributed by atoms with Gasteiger partial charge in [-0.2, -0.15) is 30.7 Å². The van der Waals surface area contributed by atoms with Crippen LogP contribution in [0.2, 0.25) is 5.02 Å². The summed E-state index contributed by atoms with van der Waals surface area (Å²) in [5, 5.41) is -0.387. The van der Waals surface area contributed by atoms with E-state index in [1.807, 2.05) is 0 Å². The lowest BCUT2D eigenvalue weighted by Crippen LogP contribution is -2.65. The molecule has 0 aliphatic rings. The SMILES string of the molecule is CCC(F)(C(F)(F)C(=O)CC(=O)c1ccc(C=C(Cl)Cl)cc1Cl)C(F)(F)C(F)(F)F. The van der Waals surface area contributed by atoms with Crippen LogP contribution in [0.5, 0.6) is 0 Å². The van der Waals surface area contributed by atoms with Gasteiger partial charge in [-0.25, -0.2) is 4.39 Å². The third-order valence-electron chi connectivity index (χ3n) is 4.08. The molecule has 0 N–H and O–H groups in total. The van der Waals surface area contributed by atoms with Gasteiger partial charge in [0.2, 0.25) is 5.78 Å². The van der Waals surface area contributed by atoms with E-state index < -0.39 is 53.7 Å². The number of hydrogen-bond donors (Lipinski definition) is 0. The van der Waals surface area contributed by atoms with Crippen molar-refractivity contribution in [2.75, 3.05) is 0 Å². The fourth-order valence-corrected chi connectivity index (χ4v) is 2.96. The first kappa shape index (κ1) is 26.6. The molecule has 1 unspecified atom stereocenters. The van der Waals surface area contributed by atoms with Crippen LogP contribution in [-0.2, 0) is 4.79 Å². The summed E-state index contributed by atoms with van der Waals surface area (Å²) in [6.45, 7) is 0.285. The minimum atomic E-state index is -6.71. The van der Waals surface area contributed by atoms with E-state index in [1.54, 1.807) is 0 Å². The molecule has 0 heterocycles. The normalized spacial score (nSPS) is 14.8. The molecule has 0 fully saturated rings. The van der Waals surface area contributed by atoms with Gasteiger partial charge in [0.15, 0.2) is 5.78 Å². The molecule has 1 aromatic rings. The Labute approximate surface area is 179 Å². The predicted octanol–water partition coefficient (Wildman–Crippen LogP) is 7.21. The summed E-state index contributed by atoms with van der Waals surface area (Å²) >= 11 is 16.6. The maximum absolute atomic E-state index is 14.3. The molecule has 30 heavy (non-hydrogen) atoms. The zero-order valence-corrected chi connectivity index (χ0v) is 17.0. The maximum atomic E-state index is 14.3. The first-order valence-corrected chi connectivity index (χ1v) is 8.95. The third kappa shape index (κ3) is 4.91. The van der Waals surface area contributed by atoms with E-state index >= 15 is 0 Å². The van der Waals surface area contributed by atoms with Gasteiger partial charge in [0.1, 0.15) is 4.49 Å². The lowest BCUT2D eigenvalue weighted by molar-refractivity contribution is -0.356. The lowest BCUT2D eigenvalue weighted by atomic mass is 9.83. The Hall–Kier alpha value is -1.39. The van der Waals surface area contributed by atoms with Crippen LogP contribution in [-0.4, -0.2) is 35.3 Å². The molecule has 168 valence electrons. The number of benzene rings is 1. The number of carbonyl (C=O) groups excluding carboxylic acids is 2. The second-order valence-corrected chi connectivity index (χ2v) is 7.41. The highest BCUT2D eigenvalue weighted by Crippen LogP contribution is 2.54. The van der Waals surface area contributed by atoms with Crippen LogP contribution in [0.15, 0.2) is 22.7 Å². The number of rotatable bonds is 8. The van der Waals surface area contributed by atoms with Crippen LogP contribution in [0.3, 0.4) is 0 Å². The van der Waals surface area contributed by atoms with Gasteiger partial charge in [0.05, 0.1) is 11.4 Å². The highest BCUT2D eigenvalue weighted by molar-refractivity contribution is 6.57. The molecule has 1 aromatic carbocycles. The first-order valence-electron chi connectivity index (χ1n) is 7.82. The van der Waals surface area contributed by atoms with Gasteiger partial charge in [0, 0.05) is 5.56 Å². The molecule has 0 spiro atoms. The summed E-state index contributed by atoms with van der Waals surface area (Å²) in [5.74, 6) is -16.6. The number of hydrogen-bond acceptors (Lipinski definition) is 2. The Morgan fingerprint density at radius 1 is 1.00 bits per heavy atom. The summed E-state index contributed by atoms with van der Waals surface area (Å²) in [6, 6.07) is 3.22. The Morgan fingerprint density at radius 3 is 1.93 bits per heavy atom. The van der Waals surface area contributed by atoms with E-state index in [2.05, 4.69) is 0 Å². The number of alkyl halides is 8. The molecule has 0 saturated carbocycles. The van der Waals surface area contributed by atoms with E-state index in [1.165, 1.54) is 12.1 Å². The topological polar surface area (TPSA) is 34.1 Å². The van der Waals surface area contributed by atoms with E-state index in [0.717, 1.165) is 12.1 Å². The van der Waals surface area contributed by atoms with E-state index in [0.29, 0.717) is 0 Å². The molecule has 0 bridgehead atoms. The zero-order chi connectivity index (χ0) is 23.7. The molecule has 1 rings (SSSR count). The highest BCUT2D eigenvalue weighted by atomic mass is 35.5. The van der Waals surface area contributed by atoms with Crippen LogP contribution in [0, 0.1) is 0 Å². The number of ketones is 2. The maximum Gasteiger partial charge on any atom is 0.457 e. The minimum absolute atomic E-state index is 0.204. The van der Waals surface area contributed by atoms with E-state index in [-0.39, 0.29) is 22.0 Å². The smallest absolute Gasteiger partial charge is 0.294 e. The Balaban J connectivity index is 3.24. The fourth-order valence-electron chi connectivity index (χ4n) is 2.41. The number of Topliss-reactive ketones (excluding diaryl/α,β-unsaturated/α-hetero) is 2. The molecule has 0 amide bonds. The van der Waals surface area contributed by atoms with Crippen LogP contribution in [0.4, 0.5) is 35.1 Å². The minimum Gasteiger partial charge on any atom is -0.294 e. The van der Waals surface area contributed by atoms with E-state index in [9.17, 15) is 44.7 Å². The van der Waals surface area contributed by atoms with Gasteiger partial charge in [-0.05, 0) is 30.2 Å². The van der Waals surface area contributed by atoms with Crippen molar-refractivity contribution in [3.05, 3.63) is 38.8 Å². The standard InChI is InChI=1S/C17H11Cl3F8O2/c1-2-14(21,16(24,25)17(26,27)28)15(22,23)12(30)7-11(29)9-4-3-8(5-10(9)18)6-13(19)20/h3-6H,2,7H2,1H3. The molecule has 0 saturated heterocycles. The zero-order valence-electron chi connectivity index (χ0n) is 14.7. The Bertz CT molecular complexity index is 863. The van der Waals surface area contributed by atoms with Crippen molar-refractivity contribution in [1.29, 1.82) is 0 Å². The highest BCUT2D eigenvalue weighted by Gasteiger charge is 2.80. The molecule has 13 heteroatoms. The molecule has 0 aliphatic heterocycles. The second kappa shape index (κ2) is 9.00. The quantitative estimate of drug-likeness (QED) is 0.213. The molecule has 0 aromatic heterocycles. The summed E-state index contributed by atoms with van der Waals surface area (Å²) in [4.78, 5) is 23.8. The molecule has 0 radical (unpaired) electrons. The monoisotopic (exact) mass is 504 g/mol. The van der Waals surface area contributed by atoms with Gasteiger partial charge in [-0.15, -0.1) is 0 Å². The van der Waals surface area contributed by atoms with Crippen molar-refractivity contribution in [3.8, 4) is 0 Å². The van der Waals surface area contributed by atoms with Gasteiger partial charge in [0.25, 0.3) is 5.67 Å². The van der Waals surface area contributed by atoms with Crippen LogP contribution < -0.4 is 0 Å². The average molecular weight is 506 g/mol. The van der Waals surface area contributed by atoms with Crippen molar-refractivity contribution in [2.45, 2.75) is 43.5 Å². The largest absolute Gasteiger partial charge is 0.457 e. The van der Waals surface area contributed by atoms with Crippen LogP contribution in [0.1, 0.15) is 35.7 Å². The van der Waals surface area contributed by atoms with Gasteiger partial charge in [-0.1, -0.05) is 47.8 Å². The molecular weight excluding hydrogens is 495 g/mol. The van der Waals surface area contributed by atoms with Gasteiger partial charge < -0.3 is 0 Å². The average Bonchev–Trinajstić information content (AvgIpc) is 2.58. The first-order chi connectivity index (χ1) is 13.4. The predicted molar refractivity (Wildman–Crippen MR) is 95.2 cm³/mol. The van der Waals surface area contributed by atoms with Crippen LogP contribution in [0.25, 0.3) is 6.08 Å². The van der Waals surface area contributed by atoms with Crippen molar-refractivity contribution >= 4 is 52.4 Å². The Kier molecular flexibility index (Phi) is 7.99. The van der Waals surface area contributed by atoms with Gasteiger partial charge >= 0.3 is 18.0 Å². The van der Waals surface area contributed by atoms with Crippen molar-refractivity contribution < 1.29 is 44.7 Å². The number of carbonyl (C=O) groups is 2. The summed E-state index contributed by atoms with van der Waals surface area (Å²) in [5.41, 5.74) is -5.88. The molecule has 0 aliphatic carbocycles. The molecular formula is C17H11Cl3F8O2. The lowest BCUT2D eigenvalue weighted by Gasteiger charge is -2.38. The molecule has 2 nitrogen and oxygen atoms in total.